The molecule has 2 nitrogen and oxygen atoms in total. The first-order valence-electron chi connectivity index (χ1n) is 7.26. The van der Waals surface area contributed by atoms with Gasteiger partial charge in [-0.2, -0.15) is 0 Å². The number of benzene rings is 2. The summed E-state index contributed by atoms with van der Waals surface area (Å²) < 4.78 is 7.74. The Morgan fingerprint density at radius 1 is 1.09 bits per heavy atom. The first-order chi connectivity index (χ1) is 11.3. The topological polar surface area (TPSA) is 14.2 Å². The zero-order valence-electron chi connectivity index (χ0n) is 12.8. The number of thioether (sulfide) groups is 1. The molecule has 116 valence electrons. The third kappa shape index (κ3) is 3.85. The number of halogens is 1. The quantitative estimate of drug-likeness (QED) is 0.489. The molecule has 2 aromatic carbocycles. The van der Waals surface area contributed by atoms with E-state index in [9.17, 15) is 0 Å². The Morgan fingerprint density at radius 2 is 1.87 bits per heavy atom. The average Bonchev–Trinajstić information content (AvgIpc) is 2.89. The van der Waals surface area contributed by atoms with E-state index in [4.69, 9.17) is 16.3 Å². The second-order valence-corrected chi connectivity index (χ2v) is 6.36. The maximum Gasteiger partial charge on any atom is 0.149 e. The van der Waals surface area contributed by atoms with Gasteiger partial charge in [-0.15, -0.1) is 0 Å². The van der Waals surface area contributed by atoms with Crippen molar-refractivity contribution in [2.45, 2.75) is 5.03 Å². The summed E-state index contributed by atoms with van der Waals surface area (Å²) in [5, 5.41) is 3.08. The van der Waals surface area contributed by atoms with Crippen LogP contribution < -0.4 is 4.74 Å². The smallest absolute Gasteiger partial charge is 0.149 e. The summed E-state index contributed by atoms with van der Waals surface area (Å²) in [6.45, 7) is 0.347. The molecule has 0 aliphatic rings. The zero-order chi connectivity index (χ0) is 16.1. The highest BCUT2D eigenvalue weighted by atomic mass is 35.5. The molecule has 0 N–H and O–H groups in total. The fourth-order valence-corrected chi connectivity index (χ4v) is 3.30. The van der Waals surface area contributed by atoms with E-state index in [-0.39, 0.29) is 0 Å². The van der Waals surface area contributed by atoms with E-state index >= 15 is 0 Å². The van der Waals surface area contributed by atoms with Gasteiger partial charge in [0.1, 0.15) is 12.4 Å². The van der Waals surface area contributed by atoms with Crippen LogP contribution in [0.2, 0.25) is 5.02 Å². The summed E-state index contributed by atoms with van der Waals surface area (Å²) in [5.74, 6) is 7.55. The predicted molar refractivity (Wildman–Crippen MR) is 98.4 cm³/mol. The molecule has 1 heterocycles. The minimum Gasteiger partial charge on any atom is -0.479 e. The lowest BCUT2D eigenvalue weighted by Gasteiger charge is -2.03. The van der Waals surface area contributed by atoms with Crippen LogP contribution in [0.4, 0.5) is 0 Å². The van der Waals surface area contributed by atoms with Crippen molar-refractivity contribution in [1.29, 1.82) is 0 Å². The van der Waals surface area contributed by atoms with Crippen LogP contribution in [0, 0.1) is 11.8 Å². The van der Waals surface area contributed by atoms with Crippen LogP contribution in [0.1, 0.15) is 0 Å². The lowest BCUT2D eigenvalue weighted by molar-refractivity contribution is 0.370. The number of para-hydroxylation sites is 2. The van der Waals surface area contributed by atoms with Crippen molar-refractivity contribution in [3.63, 3.8) is 0 Å². The van der Waals surface area contributed by atoms with Crippen molar-refractivity contribution >= 4 is 34.3 Å². The minimum atomic E-state index is 0.347. The van der Waals surface area contributed by atoms with Gasteiger partial charge < -0.3 is 9.30 Å². The molecular weight excluding hydrogens is 326 g/mol. The molecule has 0 saturated carbocycles. The fraction of sp³-hybridized carbons (Fsp3) is 0.158. The molecule has 0 bridgehead atoms. The molecule has 0 aliphatic heterocycles. The number of rotatable bonds is 4. The Morgan fingerprint density at radius 3 is 2.70 bits per heavy atom. The SMILES string of the molecule is Cn1c(SCC#CCOc2ccccc2Cl)cc2ccccc21. The molecule has 0 aliphatic carbocycles. The molecule has 3 rings (SSSR count). The van der Waals surface area contributed by atoms with Gasteiger partial charge in [-0.3, -0.25) is 0 Å². The molecule has 4 heteroatoms. The van der Waals surface area contributed by atoms with Crippen LogP contribution in [-0.2, 0) is 7.05 Å². The summed E-state index contributed by atoms with van der Waals surface area (Å²) in [6, 6.07) is 18.0. The first kappa shape index (κ1) is 15.9. The fourth-order valence-electron chi connectivity index (χ4n) is 2.29. The largest absolute Gasteiger partial charge is 0.479 e. The van der Waals surface area contributed by atoms with Gasteiger partial charge in [-0.05, 0) is 24.3 Å². The van der Waals surface area contributed by atoms with E-state index in [1.165, 1.54) is 15.9 Å². The van der Waals surface area contributed by atoms with Crippen molar-refractivity contribution in [2.75, 3.05) is 12.4 Å². The number of aryl methyl sites for hydroxylation is 1. The molecule has 3 aromatic rings. The van der Waals surface area contributed by atoms with Crippen LogP contribution in [-0.4, -0.2) is 16.9 Å². The summed E-state index contributed by atoms with van der Waals surface area (Å²) in [4.78, 5) is 0. The molecule has 0 radical (unpaired) electrons. The lowest BCUT2D eigenvalue weighted by Crippen LogP contribution is -1.94. The van der Waals surface area contributed by atoms with Crippen molar-refractivity contribution < 1.29 is 4.74 Å². The Kier molecular flexibility index (Phi) is 5.17. The van der Waals surface area contributed by atoms with Gasteiger partial charge >= 0.3 is 0 Å². The summed E-state index contributed by atoms with van der Waals surface area (Å²) in [7, 11) is 2.08. The monoisotopic (exact) mass is 341 g/mol. The molecule has 0 fully saturated rings. The van der Waals surface area contributed by atoms with Crippen LogP contribution in [0.3, 0.4) is 0 Å². The van der Waals surface area contributed by atoms with E-state index < -0.39 is 0 Å². The van der Waals surface area contributed by atoms with Crippen molar-refractivity contribution in [1.82, 2.24) is 4.57 Å². The standard InChI is InChI=1S/C19H16ClNOS/c1-21-17-10-4-2-8-15(17)14-19(21)23-13-7-6-12-22-18-11-5-3-9-16(18)20/h2-5,8-11,14H,12-13H2,1H3. The van der Waals surface area contributed by atoms with Gasteiger partial charge in [-0.25, -0.2) is 0 Å². The Labute approximate surface area is 145 Å². The van der Waals surface area contributed by atoms with Crippen LogP contribution in [0.5, 0.6) is 5.75 Å². The predicted octanol–water partition coefficient (Wildman–Crippen LogP) is 5.01. The highest BCUT2D eigenvalue weighted by Gasteiger charge is 2.04. The van der Waals surface area contributed by atoms with Gasteiger partial charge in [0, 0.05) is 18.0 Å². The van der Waals surface area contributed by atoms with E-state index in [1.807, 2.05) is 18.2 Å². The summed E-state index contributed by atoms with van der Waals surface area (Å²) in [5.41, 5.74) is 1.24. The van der Waals surface area contributed by atoms with Crippen molar-refractivity contribution in [3.8, 4) is 17.6 Å². The normalized spacial score (nSPS) is 10.3. The molecule has 1 aromatic heterocycles. The van der Waals surface area contributed by atoms with Gasteiger partial charge in [0.25, 0.3) is 0 Å². The Hall–Kier alpha value is -2.02. The van der Waals surface area contributed by atoms with Crippen LogP contribution in [0.15, 0.2) is 59.6 Å². The van der Waals surface area contributed by atoms with E-state index in [0.717, 1.165) is 5.75 Å². The summed E-state index contributed by atoms with van der Waals surface area (Å²) >= 11 is 7.75. The molecule has 0 amide bonds. The van der Waals surface area contributed by atoms with E-state index in [0.29, 0.717) is 17.4 Å². The molecule has 0 unspecified atom stereocenters. The molecule has 23 heavy (non-hydrogen) atoms. The van der Waals surface area contributed by atoms with Gasteiger partial charge in [0.05, 0.1) is 15.8 Å². The maximum atomic E-state index is 6.02. The third-order valence-corrected chi connectivity index (χ3v) is 4.75. The third-order valence-electron chi connectivity index (χ3n) is 3.46. The number of aromatic nitrogens is 1. The van der Waals surface area contributed by atoms with E-state index in [2.05, 4.69) is 53.8 Å². The Balaban J connectivity index is 1.53. The Bertz CT molecular complexity index is 876. The van der Waals surface area contributed by atoms with Gasteiger partial charge in [-0.1, -0.05) is 65.5 Å². The minimum absolute atomic E-state index is 0.347. The molecular formula is C19H16ClNOS. The summed E-state index contributed by atoms with van der Waals surface area (Å²) in [6.07, 6.45) is 0. The van der Waals surface area contributed by atoms with Crippen LogP contribution >= 0.6 is 23.4 Å². The number of hydrogen-bond acceptors (Lipinski definition) is 2. The van der Waals surface area contributed by atoms with Gasteiger partial charge in [0.15, 0.2) is 0 Å². The van der Waals surface area contributed by atoms with Gasteiger partial charge in [0.2, 0.25) is 0 Å². The highest BCUT2D eigenvalue weighted by Crippen LogP contribution is 2.26. The number of hydrogen-bond donors (Lipinski definition) is 0. The number of nitrogens with zero attached hydrogens (tertiary/aromatic N) is 1. The molecule has 0 saturated heterocycles. The molecule has 0 atom stereocenters. The lowest BCUT2D eigenvalue weighted by atomic mass is 10.2. The maximum absolute atomic E-state index is 6.02. The van der Waals surface area contributed by atoms with E-state index in [1.54, 1.807) is 17.8 Å². The second kappa shape index (κ2) is 7.50. The first-order valence-corrected chi connectivity index (χ1v) is 8.62. The highest BCUT2D eigenvalue weighted by molar-refractivity contribution is 7.99. The van der Waals surface area contributed by atoms with Crippen molar-refractivity contribution in [2.24, 2.45) is 7.05 Å². The average molecular weight is 342 g/mol. The zero-order valence-corrected chi connectivity index (χ0v) is 14.3. The van der Waals surface area contributed by atoms with Crippen LogP contribution in [0.25, 0.3) is 10.9 Å². The molecule has 0 spiro atoms. The number of ether oxygens (including phenoxy) is 1. The number of fused-ring (bicyclic) bond motifs is 1. The second-order valence-electron chi connectivity index (χ2n) is 4.96. The van der Waals surface area contributed by atoms with Crippen molar-refractivity contribution in [3.05, 3.63) is 59.6 Å².